The first-order valence-corrected chi connectivity index (χ1v) is 6.69. The van der Waals surface area contributed by atoms with Gasteiger partial charge in [-0.15, -0.1) is 0 Å². The van der Waals surface area contributed by atoms with Crippen molar-refractivity contribution >= 4 is 30.2 Å². The third-order valence-electron chi connectivity index (χ3n) is 2.80. The lowest BCUT2D eigenvalue weighted by Crippen LogP contribution is -2.35. The van der Waals surface area contributed by atoms with Crippen LogP contribution in [-0.4, -0.2) is 41.9 Å². The van der Waals surface area contributed by atoms with E-state index in [4.69, 9.17) is 16.6 Å². The molecule has 1 atom stereocenters. The number of amides is 1. The van der Waals surface area contributed by atoms with Gasteiger partial charge < -0.3 is 21.5 Å². The predicted octanol–water partition coefficient (Wildman–Crippen LogP) is -0.138. The van der Waals surface area contributed by atoms with Gasteiger partial charge in [-0.2, -0.15) is 12.6 Å². The van der Waals surface area contributed by atoms with Crippen molar-refractivity contribution in [3.8, 4) is 0 Å². The third kappa shape index (κ3) is 4.75. The van der Waals surface area contributed by atoms with E-state index in [9.17, 15) is 9.59 Å². The number of nitrogens with zero attached hydrogens (tertiary/aromatic N) is 1. The number of para-hydroxylation sites is 1. The van der Waals surface area contributed by atoms with Gasteiger partial charge in [0.2, 0.25) is 5.91 Å². The number of hydrogen-bond donors (Lipinski definition) is 4. The molecule has 0 aromatic heterocycles. The number of carbonyl (C=O) groups is 2. The zero-order valence-corrected chi connectivity index (χ0v) is 11.9. The van der Waals surface area contributed by atoms with Crippen molar-refractivity contribution < 1.29 is 14.7 Å². The van der Waals surface area contributed by atoms with E-state index in [-0.39, 0.29) is 6.54 Å². The summed E-state index contributed by atoms with van der Waals surface area (Å²) in [6, 6.07) is 7.26. The number of carboxylic acids is 1. The number of hydrogen-bond acceptors (Lipinski definition) is 5. The fourth-order valence-electron chi connectivity index (χ4n) is 1.90. The Balaban J connectivity index is 3.02. The van der Waals surface area contributed by atoms with Crippen LogP contribution < -0.4 is 16.4 Å². The summed E-state index contributed by atoms with van der Waals surface area (Å²) >= 11 is 4.14. The van der Waals surface area contributed by atoms with E-state index in [1.165, 1.54) is 0 Å². The average Bonchev–Trinajstić information content (AvgIpc) is 2.38. The van der Waals surface area contributed by atoms with Crippen molar-refractivity contribution in [2.75, 3.05) is 24.5 Å². The Kier molecular flexibility index (Phi) is 6.33. The maximum atomic E-state index is 11.1. The molecule has 6 nitrogen and oxygen atoms in total. The van der Waals surface area contributed by atoms with Crippen molar-refractivity contribution in [2.24, 2.45) is 11.5 Å². The van der Waals surface area contributed by atoms with Crippen molar-refractivity contribution in [2.45, 2.75) is 11.7 Å². The average molecular weight is 297 g/mol. The number of rotatable bonds is 8. The Hall–Kier alpha value is -1.73. The number of carboxylic acid groups (broad SMARTS) is 1. The minimum Gasteiger partial charge on any atom is -0.480 e. The van der Waals surface area contributed by atoms with Gasteiger partial charge in [0.25, 0.3) is 0 Å². The van der Waals surface area contributed by atoms with Crippen LogP contribution in [0.5, 0.6) is 0 Å². The molecule has 0 aliphatic carbocycles. The lowest BCUT2D eigenvalue weighted by Gasteiger charge is -2.25. The lowest BCUT2D eigenvalue weighted by molar-refractivity contribution is -0.135. The summed E-state index contributed by atoms with van der Waals surface area (Å²) in [5, 5.41) is 8.35. The van der Waals surface area contributed by atoms with Gasteiger partial charge in [-0.05, 0) is 18.1 Å². The molecule has 1 rings (SSSR count). The highest BCUT2D eigenvalue weighted by Gasteiger charge is 2.17. The van der Waals surface area contributed by atoms with Gasteiger partial charge in [-0.25, -0.2) is 0 Å². The summed E-state index contributed by atoms with van der Waals surface area (Å²) in [6.45, 7) is 0.598. The number of nitrogens with two attached hydrogens (primary N) is 2. The van der Waals surface area contributed by atoms with E-state index in [0.29, 0.717) is 19.5 Å². The first-order chi connectivity index (χ1) is 9.45. The summed E-state index contributed by atoms with van der Waals surface area (Å²) in [6.07, 6.45) is 0.343. The van der Waals surface area contributed by atoms with E-state index in [0.717, 1.165) is 11.3 Å². The number of benzene rings is 1. The second kappa shape index (κ2) is 7.76. The smallest absolute Gasteiger partial charge is 0.323 e. The van der Waals surface area contributed by atoms with Gasteiger partial charge in [-0.3, -0.25) is 9.59 Å². The molecule has 0 aliphatic rings. The highest BCUT2D eigenvalue weighted by molar-refractivity contribution is 7.81. The minimum atomic E-state index is -0.939. The van der Waals surface area contributed by atoms with Crippen molar-refractivity contribution in [1.29, 1.82) is 0 Å². The Morgan fingerprint density at radius 3 is 2.55 bits per heavy atom. The van der Waals surface area contributed by atoms with Gasteiger partial charge in [0.05, 0.1) is 5.25 Å². The fourth-order valence-corrected chi connectivity index (χ4v) is 2.10. The second-order valence-electron chi connectivity index (χ2n) is 4.35. The molecule has 0 aliphatic heterocycles. The van der Waals surface area contributed by atoms with Crippen molar-refractivity contribution in [3.05, 3.63) is 29.8 Å². The maximum Gasteiger partial charge on any atom is 0.323 e. The molecule has 0 radical (unpaired) electrons. The first-order valence-electron chi connectivity index (χ1n) is 6.17. The Morgan fingerprint density at radius 2 is 2.00 bits per heavy atom. The van der Waals surface area contributed by atoms with E-state index in [1.807, 2.05) is 18.2 Å². The summed E-state index contributed by atoms with van der Waals surface area (Å²) in [4.78, 5) is 23.7. The molecule has 5 N–H and O–H groups in total. The molecule has 0 bridgehead atoms. The molecule has 1 unspecified atom stereocenters. The molecular formula is C13H19N3O3S. The van der Waals surface area contributed by atoms with Crippen LogP contribution in [0.3, 0.4) is 0 Å². The second-order valence-corrected chi connectivity index (χ2v) is 4.98. The molecule has 0 fully saturated rings. The molecule has 1 aromatic carbocycles. The van der Waals surface area contributed by atoms with Gasteiger partial charge >= 0.3 is 5.97 Å². The lowest BCUT2D eigenvalue weighted by atomic mass is 10.1. The number of anilines is 1. The standard InChI is InChI=1S/C13H19N3O3S/c14-5-6-16(8-12(17)18)10-4-2-1-3-9(10)7-11(20)13(15)19/h1-4,11,20H,5-8,14H2,(H2,15,19)(H,17,18). The van der Waals surface area contributed by atoms with Crippen LogP contribution in [0.2, 0.25) is 0 Å². The van der Waals surface area contributed by atoms with Crippen molar-refractivity contribution in [3.63, 3.8) is 0 Å². The van der Waals surface area contributed by atoms with Crippen LogP contribution in [-0.2, 0) is 16.0 Å². The van der Waals surface area contributed by atoms with Gasteiger partial charge in [0.15, 0.2) is 0 Å². The highest BCUT2D eigenvalue weighted by Crippen LogP contribution is 2.22. The molecule has 1 amide bonds. The molecule has 7 heteroatoms. The van der Waals surface area contributed by atoms with Crippen molar-refractivity contribution in [1.82, 2.24) is 0 Å². The Bertz CT molecular complexity index is 482. The van der Waals surface area contributed by atoms with Gasteiger partial charge in [-0.1, -0.05) is 18.2 Å². The number of primary amides is 1. The zero-order valence-electron chi connectivity index (χ0n) is 11.0. The molecule has 110 valence electrons. The molecule has 0 saturated carbocycles. The minimum absolute atomic E-state index is 0.151. The highest BCUT2D eigenvalue weighted by atomic mass is 32.1. The van der Waals surface area contributed by atoms with Gasteiger partial charge in [0.1, 0.15) is 6.54 Å². The summed E-state index contributed by atoms with van der Waals surface area (Å²) in [7, 11) is 0. The van der Waals surface area contributed by atoms with E-state index < -0.39 is 17.1 Å². The molecule has 20 heavy (non-hydrogen) atoms. The van der Waals surface area contributed by atoms with Crippen LogP contribution >= 0.6 is 12.6 Å². The molecule has 0 saturated heterocycles. The van der Waals surface area contributed by atoms with Gasteiger partial charge in [0, 0.05) is 18.8 Å². The molecule has 0 spiro atoms. The SMILES string of the molecule is NCCN(CC(=O)O)c1ccccc1CC(S)C(N)=O. The third-order valence-corrected chi connectivity index (χ3v) is 3.24. The molecular weight excluding hydrogens is 278 g/mol. The van der Waals surface area contributed by atoms with E-state index in [1.54, 1.807) is 11.0 Å². The normalized spacial score (nSPS) is 11.9. The zero-order chi connectivity index (χ0) is 15.1. The van der Waals surface area contributed by atoms with Crippen LogP contribution in [0.15, 0.2) is 24.3 Å². The van der Waals surface area contributed by atoms with Crippen LogP contribution in [0.1, 0.15) is 5.56 Å². The molecule has 1 aromatic rings. The van der Waals surface area contributed by atoms with E-state index >= 15 is 0 Å². The first kappa shape index (κ1) is 16.3. The topological polar surface area (TPSA) is 110 Å². The predicted molar refractivity (Wildman–Crippen MR) is 81.0 cm³/mol. The Morgan fingerprint density at radius 1 is 1.35 bits per heavy atom. The molecule has 0 heterocycles. The fraction of sp³-hybridized carbons (Fsp3) is 0.385. The summed E-state index contributed by atoms with van der Waals surface area (Å²) in [5.41, 5.74) is 12.3. The maximum absolute atomic E-state index is 11.1. The largest absolute Gasteiger partial charge is 0.480 e. The summed E-state index contributed by atoms with van der Waals surface area (Å²) in [5.74, 6) is -1.45. The summed E-state index contributed by atoms with van der Waals surface area (Å²) < 4.78 is 0. The number of thiol groups is 1. The monoisotopic (exact) mass is 297 g/mol. The van der Waals surface area contributed by atoms with E-state index in [2.05, 4.69) is 12.6 Å². The number of carbonyl (C=O) groups excluding carboxylic acids is 1. The van der Waals surface area contributed by atoms with Crippen LogP contribution in [0.25, 0.3) is 0 Å². The quantitative estimate of drug-likeness (QED) is 0.499. The Labute approximate surface area is 123 Å². The number of aliphatic carboxylic acids is 1. The van der Waals surface area contributed by atoms with Crippen LogP contribution in [0, 0.1) is 0 Å². The van der Waals surface area contributed by atoms with Crippen LogP contribution in [0.4, 0.5) is 5.69 Å².